The van der Waals surface area contributed by atoms with Crippen LogP contribution in [0.1, 0.15) is 43.4 Å². The van der Waals surface area contributed by atoms with Crippen molar-refractivity contribution in [1.29, 1.82) is 0 Å². The third-order valence-electron chi connectivity index (χ3n) is 7.10. The number of hydrogen-bond donors (Lipinski definition) is 0. The number of hydrogen-bond acceptors (Lipinski definition) is 4. The van der Waals surface area contributed by atoms with Gasteiger partial charge in [-0.15, -0.1) is 37.2 Å². The third kappa shape index (κ3) is 6.82. The van der Waals surface area contributed by atoms with Gasteiger partial charge >= 0.3 is 0 Å². The Morgan fingerprint density at radius 3 is 1.84 bits per heavy atom. The first-order valence-electron chi connectivity index (χ1n) is 11.6. The second kappa shape index (κ2) is 13.1. The van der Waals surface area contributed by atoms with Gasteiger partial charge in [-0.05, 0) is 56.0 Å². The second-order valence-electron chi connectivity index (χ2n) is 9.12. The van der Waals surface area contributed by atoms with Gasteiger partial charge in [0.2, 0.25) is 0 Å². The maximum Gasteiger partial charge on any atom is 0.0544 e. The van der Waals surface area contributed by atoms with Crippen LogP contribution in [-0.2, 0) is 13.1 Å². The average Bonchev–Trinajstić information content (AvgIpc) is 3.23. The summed E-state index contributed by atoms with van der Waals surface area (Å²) in [6.45, 7) is 9.39. The fraction of sp³-hybridized carbons (Fsp3) is 0.560. The maximum atomic E-state index is 4.77. The number of halogens is 3. The highest BCUT2D eigenvalue weighted by Gasteiger charge is 2.27. The Morgan fingerprint density at radius 1 is 0.656 bits per heavy atom. The summed E-state index contributed by atoms with van der Waals surface area (Å²) in [5.41, 5.74) is 5.09. The minimum Gasteiger partial charge on any atom is -0.299 e. The number of likely N-dealkylation sites (tertiary alicyclic amines) is 1. The molecule has 0 amide bonds. The molecule has 3 heterocycles. The van der Waals surface area contributed by atoms with Gasteiger partial charge in [0, 0.05) is 57.1 Å². The largest absolute Gasteiger partial charge is 0.299 e. The van der Waals surface area contributed by atoms with E-state index in [4.69, 9.17) is 4.98 Å². The van der Waals surface area contributed by atoms with Crippen LogP contribution in [0.15, 0.2) is 42.6 Å². The summed E-state index contributed by atoms with van der Waals surface area (Å²) >= 11 is 0. The lowest BCUT2D eigenvalue weighted by Gasteiger charge is -2.42. The normalized spacial score (nSPS) is 20.0. The van der Waals surface area contributed by atoms with Crippen molar-refractivity contribution in [2.24, 2.45) is 0 Å². The van der Waals surface area contributed by atoms with E-state index >= 15 is 0 Å². The molecule has 178 valence electrons. The van der Waals surface area contributed by atoms with Crippen molar-refractivity contribution < 1.29 is 0 Å². The molecule has 2 aromatic rings. The standard InChI is InChI=1S/C25H34N4.3ClH/c1-2-13-27(12-1)19-21-6-8-22(9-7-21)23-10-11-24(26-18-23)20-28-14-16-29(17-15-28)25-4-3-5-25;;;/h6-11,18,25H,1-5,12-17,19-20H2;3*1H. The van der Waals surface area contributed by atoms with Crippen molar-refractivity contribution in [3.63, 3.8) is 0 Å². The van der Waals surface area contributed by atoms with E-state index in [1.807, 2.05) is 0 Å². The van der Waals surface area contributed by atoms with Crippen LogP contribution >= 0.6 is 37.2 Å². The Bertz CT molecular complexity index is 782. The molecule has 0 radical (unpaired) electrons. The van der Waals surface area contributed by atoms with Crippen LogP contribution < -0.4 is 0 Å². The predicted molar refractivity (Wildman–Crippen MR) is 140 cm³/mol. The molecular formula is C25H37Cl3N4. The van der Waals surface area contributed by atoms with Crippen molar-refractivity contribution in [1.82, 2.24) is 19.7 Å². The van der Waals surface area contributed by atoms with Gasteiger partial charge in [-0.25, -0.2) is 0 Å². The smallest absolute Gasteiger partial charge is 0.0544 e. The van der Waals surface area contributed by atoms with Gasteiger partial charge in [-0.1, -0.05) is 36.8 Å². The molecule has 3 aliphatic rings. The van der Waals surface area contributed by atoms with Crippen LogP contribution in [0.5, 0.6) is 0 Å². The molecular weight excluding hydrogens is 463 g/mol. The first-order chi connectivity index (χ1) is 14.3. The molecule has 0 N–H and O–H groups in total. The van der Waals surface area contributed by atoms with Crippen LogP contribution in [-0.4, -0.2) is 65.0 Å². The van der Waals surface area contributed by atoms with Crippen molar-refractivity contribution in [3.05, 3.63) is 53.9 Å². The molecule has 1 aromatic heterocycles. The van der Waals surface area contributed by atoms with Gasteiger partial charge in [0.1, 0.15) is 0 Å². The molecule has 0 bridgehead atoms. The zero-order chi connectivity index (χ0) is 19.5. The Morgan fingerprint density at radius 2 is 1.28 bits per heavy atom. The average molecular weight is 500 g/mol. The zero-order valence-electron chi connectivity index (χ0n) is 18.8. The minimum atomic E-state index is 0. The number of pyridine rings is 1. The van der Waals surface area contributed by atoms with Gasteiger partial charge in [-0.3, -0.25) is 19.7 Å². The third-order valence-corrected chi connectivity index (χ3v) is 7.10. The summed E-state index contributed by atoms with van der Waals surface area (Å²) in [4.78, 5) is 12.6. The van der Waals surface area contributed by atoms with Crippen LogP contribution in [0.3, 0.4) is 0 Å². The van der Waals surface area contributed by atoms with Gasteiger partial charge in [0.15, 0.2) is 0 Å². The van der Waals surface area contributed by atoms with Gasteiger partial charge in [0.05, 0.1) is 5.69 Å². The van der Waals surface area contributed by atoms with Crippen LogP contribution in [0.25, 0.3) is 11.1 Å². The summed E-state index contributed by atoms with van der Waals surface area (Å²) in [5.74, 6) is 0. The fourth-order valence-electron chi connectivity index (χ4n) is 4.96. The van der Waals surface area contributed by atoms with E-state index in [1.165, 1.54) is 93.8 Å². The summed E-state index contributed by atoms with van der Waals surface area (Å²) in [5, 5.41) is 0. The summed E-state index contributed by atoms with van der Waals surface area (Å²) in [6, 6.07) is 14.4. The van der Waals surface area contributed by atoms with E-state index < -0.39 is 0 Å². The lowest BCUT2D eigenvalue weighted by molar-refractivity contribution is 0.0583. The molecule has 32 heavy (non-hydrogen) atoms. The Labute approximate surface area is 212 Å². The van der Waals surface area contributed by atoms with E-state index in [1.54, 1.807) is 0 Å². The van der Waals surface area contributed by atoms with E-state index in [2.05, 4.69) is 57.3 Å². The molecule has 1 aliphatic carbocycles. The Kier molecular flexibility index (Phi) is 11.2. The lowest BCUT2D eigenvalue weighted by Crippen LogP contribution is -2.51. The molecule has 3 fully saturated rings. The molecule has 0 atom stereocenters. The highest BCUT2D eigenvalue weighted by Crippen LogP contribution is 2.26. The summed E-state index contributed by atoms with van der Waals surface area (Å²) in [7, 11) is 0. The van der Waals surface area contributed by atoms with Crippen molar-refractivity contribution in [3.8, 4) is 11.1 Å². The molecule has 2 saturated heterocycles. The van der Waals surface area contributed by atoms with E-state index in [9.17, 15) is 0 Å². The van der Waals surface area contributed by atoms with Gasteiger partial charge in [0.25, 0.3) is 0 Å². The SMILES string of the molecule is Cl.Cl.Cl.c1cc(-c2ccc(CN3CCN(C4CCC4)CC3)nc2)ccc1CN1CCCC1. The molecule has 1 saturated carbocycles. The lowest BCUT2D eigenvalue weighted by atomic mass is 9.91. The monoisotopic (exact) mass is 498 g/mol. The number of rotatable bonds is 6. The highest BCUT2D eigenvalue weighted by atomic mass is 35.5. The molecule has 1 aromatic carbocycles. The zero-order valence-corrected chi connectivity index (χ0v) is 21.3. The van der Waals surface area contributed by atoms with Crippen LogP contribution in [0, 0.1) is 0 Å². The molecule has 7 heteroatoms. The van der Waals surface area contributed by atoms with Crippen LogP contribution in [0.2, 0.25) is 0 Å². The van der Waals surface area contributed by atoms with E-state index in [0.29, 0.717) is 0 Å². The maximum absolute atomic E-state index is 4.77. The van der Waals surface area contributed by atoms with Crippen LogP contribution in [0.4, 0.5) is 0 Å². The molecule has 4 nitrogen and oxygen atoms in total. The Hall–Kier alpha value is -0.880. The number of benzene rings is 1. The second-order valence-corrected chi connectivity index (χ2v) is 9.12. The van der Waals surface area contributed by atoms with Crippen molar-refractivity contribution in [2.75, 3.05) is 39.3 Å². The number of nitrogens with zero attached hydrogens (tertiary/aromatic N) is 4. The number of aromatic nitrogens is 1. The van der Waals surface area contributed by atoms with Crippen molar-refractivity contribution in [2.45, 2.75) is 51.2 Å². The quantitative estimate of drug-likeness (QED) is 0.539. The van der Waals surface area contributed by atoms with Crippen molar-refractivity contribution >= 4 is 37.2 Å². The molecule has 2 aliphatic heterocycles. The van der Waals surface area contributed by atoms with E-state index in [-0.39, 0.29) is 37.2 Å². The van der Waals surface area contributed by atoms with Gasteiger partial charge < -0.3 is 0 Å². The first-order valence-corrected chi connectivity index (χ1v) is 11.6. The Balaban J connectivity index is 0.00000121. The summed E-state index contributed by atoms with van der Waals surface area (Å²) in [6.07, 6.45) is 9.03. The molecule has 0 unspecified atom stereocenters. The fourth-order valence-corrected chi connectivity index (χ4v) is 4.96. The first kappa shape index (κ1) is 27.4. The highest BCUT2D eigenvalue weighted by molar-refractivity contribution is 5.86. The van der Waals surface area contributed by atoms with E-state index in [0.717, 1.165) is 19.1 Å². The molecule has 0 spiro atoms. The number of piperazine rings is 1. The topological polar surface area (TPSA) is 22.6 Å². The minimum absolute atomic E-state index is 0. The van der Waals surface area contributed by atoms with Gasteiger partial charge in [-0.2, -0.15) is 0 Å². The molecule has 5 rings (SSSR count). The predicted octanol–water partition coefficient (Wildman–Crippen LogP) is 5.28. The summed E-state index contributed by atoms with van der Waals surface area (Å²) < 4.78 is 0.